The molecule has 1 aromatic carbocycles. The van der Waals surface area contributed by atoms with Crippen molar-refractivity contribution in [3.05, 3.63) is 30.0 Å². The first kappa shape index (κ1) is 21.8. The van der Waals surface area contributed by atoms with Crippen molar-refractivity contribution >= 4 is 23.5 Å². The predicted molar refractivity (Wildman–Crippen MR) is 109 cm³/mol. The lowest BCUT2D eigenvalue weighted by molar-refractivity contribution is -0.137. The molecule has 2 unspecified atom stereocenters. The first-order chi connectivity index (χ1) is 15.0. The van der Waals surface area contributed by atoms with E-state index in [2.05, 4.69) is 20.7 Å². The highest BCUT2D eigenvalue weighted by Gasteiger charge is 2.62. The minimum absolute atomic E-state index is 0.00354. The molecule has 0 spiro atoms. The number of carbonyl (C=O) groups is 1. The average molecular weight is 449 g/mol. The van der Waals surface area contributed by atoms with Gasteiger partial charge in [-0.1, -0.05) is 6.92 Å². The Morgan fingerprint density at radius 3 is 2.72 bits per heavy atom. The van der Waals surface area contributed by atoms with E-state index in [4.69, 9.17) is 15.6 Å². The molecule has 1 aromatic heterocycles. The number of urea groups is 1. The van der Waals surface area contributed by atoms with Crippen LogP contribution < -0.4 is 5.32 Å². The normalized spacial score (nSPS) is 24.5. The van der Waals surface area contributed by atoms with Crippen molar-refractivity contribution < 1.29 is 22.7 Å². The van der Waals surface area contributed by atoms with E-state index in [0.29, 0.717) is 12.8 Å². The van der Waals surface area contributed by atoms with Gasteiger partial charge >= 0.3 is 12.2 Å². The summed E-state index contributed by atoms with van der Waals surface area (Å²) in [7, 11) is 0. The second-order valence-corrected chi connectivity index (χ2v) is 8.34. The van der Waals surface area contributed by atoms with Crippen molar-refractivity contribution in [2.45, 2.75) is 50.9 Å². The number of ether oxygens (including phenoxy) is 1. The molecular weight excluding hydrogens is 427 g/mol. The van der Waals surface area contributed by atoms with Crippen LogP contribution in [0.5, 0.6) is 0 Å². The highest BCUT2D eigenvalue weighted by atomic mass is 19.4. The maximum atomic E-state index is 13.5. The molecule has 1 saturated carbocycles. The van der Waals surface area contributed by atoms with Gasteiger partial charge in [-0.2, -0.15) is 28.6 Å². The number of piperidine rings is 1. The first-order valence-corrected chi connectivity index (χ1v) is 10.0. The molecule has 1 saturated heterocycles. The van der Waals surface area contributed by atoms with E-state index >= 15 is 0 Å². The van der Waals surface area contributed by atoms with Crippen molar-refractivity contribution in [3.63, 3.8) is 0 Å². The van der Waals surface area contributed by atoms with Gasteiger partial charge < -0.3 is 15.0 Å². The Morgan fingerprint density at radius 1 is 1.34 bits per heavy atom. The molecule has 4 rings (SSSR count). The Balaban J connectivity index is 1.62. The van der Waals surface area contributed by atoms with Crippen molar-refractivity contribution in [1.29, 1.82) is 10.8 Å². The summed E-state index contributed by atoms with van der Waals surface area (Å²) in [6.07, 6.45) is -1.62. The van der Waals surface area contributed by atoms with E-state index in [9.17, 15) is 18.0 Å². The zero-order valence-electron chi connectivity index (χ0n) is 17.4. The number of benzene rings is 1. The monoisotopic (exact) mass is 449 g/mol. The number of carbonyl (C=O) groups excluding carboxylic acids is 1. The Hall–Kier alpha value is -3.44. The number of hydrogen-bond donors (Lipinski definition) is 4. The van der Waals surface area contributed by atoms with Crippen LogP contribution in [-0.4, -0.2) is 49.7 Å². The molecule has 32 heavy (non-hydrogen) atoms. The summed E-state index contributed by atoms with van der Waals surface area (Å²) in [5.74, 6) is -0.0531. The highest BCUT2D eigenvalue weighted by molar-refractivity contribution is 6.00. The van der Waals surface area contributed by atoms with Crippen LogP contribution in [0.15, 0.2) is 24.4 Å². The minimum Gasteiger partial charge on any atom is -0.428 e. The number of anilines is 1. The maximum Gasteiger partial charge on any atom is 0.417 e. The Kier molecular flexibility index (Phi) is 5.18. The maximum absolute atomic E-state index is 13.5. The number of hydrogen-bond acceptors (Lipinski definition) is 6. The molecule has 170 valence electrons. The van der Waals surface area contributed by atoms with Crippen LogP contribution in [-0.2, 0) is 10.9 Å². The first-order valence-electron chi connectivity index (χ1n) is 10.0. The van der Waals surface area contributed by atoms with E-state index in [1.165, 1.54) is 30.2 Å². The number of amides is 2. The van der Waals surface area contributed by atoms with Gasteiger partial charge in [0, 0.05) is 30.6 Å². The quantitative estimate of drug-likeness (QED) is 0.412. The Morgan fingerprint density at radius 2 is 2.09 bits per heavy atom. The van der Waals surface area contributed by atoms with E-state index in [-0.39, 0.29) is 40.7 Å². The number of fused-ring (bicyclic) bond motifs is 2. The molecule has 2 heterocycles. The van der Waals surface area contributed by atoms with Gasteiger partial charge in [0.1, 0.15) is 11.2 Å². The summed E-state index contributed by atoms with van der Waals surface area (Å²) >= 11 is 0. The van der Waals surface area contributed by atoms with Crippen molar-refractivity contribution in [2.24, 2.45) is 5.92 Å². The molecule has 2 aliphatic rings. The number of aromatic amines is 1. The molecule has 2 amide bonds. The van der Waals surface area contributed by atoms with Gasteiger partial charge in [-0.15, -0.1) is 0 Å². The summed E-state index contributed by atoms with van der Waals surface area (Å²) < 4.78 is 45.6. The lowest BCUT2D eigenvalue weighted by Crippen LogP contribution is -2.75. The number of nitrogens with zero attached hydrogens (tertiary/aromatic N) is 3. The number of nitrogens with one attached hydrogen (secondary N) is 4. The summed E-state index contributed by atoms with van der Waals surface area (Å²) in [5, 5.41) is 28.1. The number of H-pyrrole nitrogens is 1. The van der Waals surface area contributed by atoms with Crippen LogP contribution in [0.1, 0.15) is 38.7 Å². The van der Waals surface area contributed by atoms with E-state index in [0.717, 1.165) is 12.5 Å². The molecular formula is C20H22F3N7O2. The molecule has 2 fully saturated rings. The van der Waals surface area contributed by atoms with Gasteiger partial charge in [0.05, 0.1) is 11.8 Å². The third kappa shape index (κ3) is 3.69. The molecule has 12 heteroatoms. The number of aromatic nitrogens is 3. The van der Waals surface area contributed by atoms with E-state index in [1.54, 1.807) is 0 Å². The molecule has 3 atom stereocenters. The van der Waals surface area contributed by atoms with Crippen LogP contribution in [0.2, 0.25) is 0 Å². The smallest absolute Gasteiger partial charge is 0.417 e. The molecule has 4 N–H and O–H groups in total. The largest absolute Gasteiger partial charge is 0.428 e. The number of halogens is 3. The summed E-state index contributed by atoms with van der Waals surface area (Å²) in [6.45, 7) is 3.44. The summed E-state index contributed by atoms with van der Waals surface area (Å²) in [6, 6.07) is 2.62. The fourth-order valence-corrected chi connectivity index (χ4v) is 4.81. The predicted octanol–water partition coefficient (Wildman–Crippen LogP) is 4.26. The molecule has 9 nitrogen and oxygen atoms in total. The van der Waals surface area contributed by atoms with Crippen LogP contribution >= 0.6 is 0 Å². The molecule has 0 radical (unpaired) electrons. The number of alkyl halides is 3. The molecule has 2 aromatic rings. The van der Waals surface area contributed by atoms with Crippen LogP contribution in [0.25, 0.3) is 11.3 Å². The third-order valence-corrected chi connectivity index (χ3v) is 5.92. The van der Waals surface area contributed by atoms with Crippen molar-refractivity contribution in [2.75, 3.05) is 5.32 Å². The summed E-state index contributed by atoms with van der Waals surface area (Å²) in [5.41, 5.74) is -1.92. The standard InChI is InChI=1S/C20H22F3N7O2/c1-10-5-13-8-19(7-10,17(25)32-11(2)24)30(13)18(31)27-12-3-4-15(20(21,22)23)14(6-12)16-9-26-29-28-16/h3-4,6,9-10,13,24-25H,5,7-8H2,1-2H3,(H,27,31)(H,26,28,29)/t10-,13?,19?/m1/s1. The van der Waals surface area contributed by atoms with Gasteiger partial charge in [-0.3, -0.25) is 10.8 Å². The van der Waals surface area contributed by atoms with Gasteiger partial charge in [-0.05, 0) is 37.0 Å². The zero-order chi connectivity index (χ0) is 23.3. The van der Waals surface area contributed by atoms with Crippen LogP contribution in [0.3, 0.4) is 0 Å². The lowest BCUT2D eigenvalue weighted by Gasteiger charge is -2.62. The third-order valence-electron chi connectivity index (χ3n) is 5.92. The van der Waals surface area contributed by atoms with Crippen molar-refractivity contribution in [3.8, 4) is 11.3 Å². The Labute approximate surface area is 181 Å². The number of likely N-dealkylation sites (tertiary alicyclic amines) is 1. The molecule has 2 bridgehead atoms. The SMILES string of the molecule is CC(=N)OC(=N)C12CC(C[C@@H](C)C1)N2C(=O)Nc1ccc(C(F)(F)F)c(-c2cn[nH]n2)c1. The van der Waals surface area contributed by atoms with Gasteiger partial charge in [0.2, 0.25) is 5.90 Å². The van der Waals surface area contributed by atoms with E-state index in [1.807, 2.05) is 6.92 Å². The van der Waals surface area contributed by atoms with Crippen molar-refractivity contribution in [1.82, 2.24) is 20.3 Å². The minimum atomic E-state index is -4.61. The average Bonchev–Trinajstić information content (AvgIpc) is 3.20. The zero-order valence-corrected chi connectivity index (χ0v) is 17.4. The lowest BCUT2D eigenvalue weighted by atomic mass is 9.64. The highest BCUT2D eigenvalue weighted by Crippen LogP contribution is 2.51. The van der Waals surface area contributed by atoms with Gasteiger partial charge in [0.25, 0.3) is 0 Å². The fourth-order valence-electron chi connectivity index (χ4n) is 4.81. The van der Waals surface area contributed by atoms with Gasteiger partial charge in [-0.25, -0.2) is 4.79 Å². The van der Waals surface area contributed by atoms with Gasteiger partial charge in [0.15, 0.2) is 5.90 Å². The second kappa shape index (κ2) is 7.61. The molecule has 1 aliphatic heterocycles. The second-order valence-electron chi connectivity index (χ2n) is 8.34. The fraction of sp³-hybridized carbons (Fsp3) is 0.450. The molecule has 1 aliphatic carbocycles. The van der Waals surface area contributed by atoms with Crippen LogP contribution in [0.4, 0.5) is 23.7 Å². The van der Waals surface area contributed by atoms with E-state index < -0.39 is 23.3 Å². The number of rotatable bonds is 3. The summed E-state index contributed by atoms with van der Waals surface area (Å²) in [4.78, 5) is 14.7. The Bertz CT molecular complexity index is 1070. The van der Waals surface area contributed by atoms with Crippen LogP contribution in [0, 0.1) is 16.7 Å². The topological polar surface area (TPSA) is 131 Å².